The van der Waals surface area contributed by atoms with Crippen molar-refractivity contribution in [1.82, 2.24) is 0 Å². The second kappa shape index (κ2) is 5.43. The lowest BCUT2D eigenvalue weighted by Crippen LogP contribution is -1.96. The Balaban J connectivity index is 2.46. The van der Waals surface area contributed by atoms with Gasteiger partial charge in [-0.2, -0.15) is 0 Å². The van der Waals surface area contributed by atoms with Crippen LogP contribution in [0.15, 0.2) is 24.3 Å². The van der Waals surface area contributed by atoms with Gasteiger partial charge in [0.05, 0.1) is 0 Å². The van der Waals surface area contributed by atoms with Crippen molar-refractivity contribution in [1.29, 1.82) is 0 Å². The molecular formula is C12H16O2. The number of benzene rings is 1. The largest absolute Gasteiger partial charge is 0.481 e. The van der Waals surface area contributed by atoms with Crippen LogP contribution < -0.4 is 0 Å². The molecule has 0 radical (unpaired) electrons. The monoisotopic (exact) mass is 192 g/mol. The third kappa shape index (κ3) is 3.60. The van der Waals surface area contributed by atoms with Crippen LogP contribution in [0.25, 0.3) is 0 Å². The zero-order chi connectivity index (χ0) is 10.4. The van der Waals surface area contributed by atoms with E-state index in [4.69, 9.17) is 5.11 Å². The molecule has 76 valence electrons. The summed E-state index contributed by atoms with van der Waals surface area (Å²) in [6.45, 7) is 2.12. The summed E-state index contributed by atoms with van der Waals surface area (Å²) in [5, 5.41) is 8.49. The molecule has 0 aliphatic carbocycles. The summed E-state index contributed by atoms with van der Waals surface area (Å²) in [5.74, 6) is -0.711. The summed E-state index contributed by atoms with van der Waals surface area (Å²) >= 11 is 0. The lowest BCUT2D eigenvalue weighted by atomic mass is 10.0. The molecule has 0 aliphatic heterocycles. The topological polar surface area (TPSA) is 37.3 Å². The number of carbonyl (C=O) groups is 1. The van der Waals surface area contributed by atoms with Gasteiger partial charge in [0, 0.05) is 6.42 Å². The van der Waals surface area contributed by atoms with Crippen molar-refractivity contribution in [2.45, 2.75) is 32.6 Å². The molecule has 0 saturated heterocycles. The van der Waals surface area contributed by atoms with E-state index in [1.54, 1.807) is 0 Å². The average Bonchev–Trinajstić information content (AvgIpc) is 2.18. The van der Waals surface area contributed by atoms with Crippen molar-refractivity contribution in [2.24, 2.45) is 0 Å². The van der Waals surface area contributed by atoms with E-state index in [1.165, 1.54) is 11.1 Å². The number of rotatable bonds is 5. The number of hydrogen-bond donors (Lipinski definition) is 1. The highest BCUT2D eigenvalue weighted by molar-refractivity contribution is 5.66. The van der Waals surface area contributed by atoms with Crippen LogP contribution in [-0.2, 0) is 17.6 Å². The molecular weight excluding hydrogens is 176 g/mol. The lowest BCUT2D eigenvalue weighted by Gasteiger charge is -2.02. The summed E-state index contributed by atoms with van der Waals surface area (Å²) in [6, 6.07) is 8.35. The van der Waals surface area contributed by atoms with Crippen LogP contribution >= 0.6 is 0 Å². The maximum Gasteiger partial charge on any atom is 0.303 e. The summed E-state index contributed by atoms with van der Waals surface area (Å²) in [7, 11) is 0. The lowest BCUT2D eigenvalue weighted by molar-refractivity contribution is -0.137. The highest BCUT2D eigenvalue weighted by atomic mass is 16.4. The molecule has 2 nitrogen and oxygen atoms in total. The maximum atomic E-state index is 10.3. The first kappa shape index (κ1) is 10.8. The van der Waals surface area contributed by atoms with Crippen molar-refractivity contribution in [2.75, 3.05) is 0 Å². The van der Waals surface area contributed by atoms with E-state index in [0.717, 1.165) is 19.3 Å². The van der Waals surface area contributed by atoms with Crippen molar-refractivity contribution >= 4 is 5.97 Å². The van der Waals surface area contributed by atoms with E-state index in [2.05, 4.69) is 25.1 Å². The molecule has 0 bridgehead atoms. The summed E-state index contributed by atoms with van der Waals surface area (Å²) < 4.78 is 0. The molecule has 0 spiro atoms. The fraction of sp³-hybridized carbons (Fsp3) is 0.417. The molecule has 1 N–H and O–H groups in total. The zero-order valence-corrected chi connectivity index (χ0v) is 8.49. The van der Waals surface area contributed by atoms with E-state index < -0.39 is 5.97 Å². The second-order valence-electron chi connectivity index (χ2n) is 3.42. The van der Waals surface area contributed by atoms with Crippen molar-refractivity contribution in [3.8, 4) is 0 Å². The summed E-state index contributed by atoms with van der Waals surface area (Å²) in [6.07, 6.45) is 2.88. The Hall–Kier alpha value is -1.31. The van der Waals surface area contributed by atoms with Crippen LogP contribution in [0.4, 0.5) is 0 Å². The Labute approximate surface area is 84.6 Å². The van der Waals surface area contributed by atoms with Gasteiger partial charge in [0.25, 0.3) is 0 Å². The van der Waals surface area contributed by atoms with E-state index >= 15 is 0 Å². The Bertz CT molecular complexity index is 305. The number of carboxylic acids is 1. The number of aryl methyl sites for hydroxylation is 2. The zero-order valence-electron chi connectivity index (χ0n) is 8.49. The maximum absolute atomic E-state index is 10.3. The fourth-order valence-electron chi connectivity index (χ4n) is 1.45. The van der Waals surface area contributed by atoms with Gasteiger partial charge in [0.15, 0.2) is 0 Å². The predicted molar refractivity (Wildman–Crippen MR) is 56.4 cm³/mol. The van der Waals surface area contributed by atoms with Gasteiger partial charge in [0.1, 0.15) is 0 Å². The minimum atomic E-state index is -0.711. The summed E-state index contributed by atoms with van der Waals surface area (Å²) in [5.41, 5.74) is 2.56. The molecule has 0 saturated carbocycles. The van der Waals surface area contributed by atoms with Crippen molar-refractivity contribution in [3.05, 3.63) is 35.4 Å². The first-order valence-electron chi connectivity index (χ1n) is 5.02. The highest BCUT2D eigenvalue weighted by Gasteiger charge is 1.98. The van der Waals surface area contributed by atoms with Gasteiger partial charge in [-0.1, -0.05) is 31.2 Å². The standard InChI is InChI=1S/C12H16O2/c1-2-10-5-3-6-11(9-10)7-4-8-12(13)14/h3,5-6,9H,2,4,7-8H2,1H3,(H,13,14). The quantitative estimate of drug-likeness (QED) is 0.778. The normalized spacial score (nSPS) is 10.1. The molecule has 0 atom stereocenters. The predicted octanol–water partition coefficient (Wildman–Crippen LogP) is 2.66. The highest BCUT2D eigenvalue weighted by Crippen LogP contribution is 2.09. The molecule has 0 aliphatic rings. The van der Waals surface area contributed by atoms with E-state index in [0.29, 0.717) is 0 Å². The Morgan fingerprint density at radius 1 is 1.36 bits per heavy atom. The minimum Gasteiger partial charge on any atom is -0.481 e. The van der Waals surface area contributed by atoms with Gasteiger partial charge in [-0.3, -0.25) is 4.79 Å². The van der Waals surface area contributed by atoms with Crippen LogP contribution in [0.3, 0.4) is 0 Å². The van der Waals surface area contributed by atoms with Crippen LogP contribution in [0, 0.1) is 0 Å². The number of hydrogen-bond acceptors (Lipinski definition) is 1. The molecule has 0 unspecified atom stereocenters. The van der Waals surface area contributed by atoms with Gasteiger partial charge in [-0.25, -0.2) is 0 Å². The van der Waals surface area contributed by atoms with Crippen LogP contribution in [0.2, 0.25) is 0 Å². The molecule has 1 rings (SSSR count). The SMILES string of the molecule is CCc1cccc(CCCC(=O)O)c1. The smallest absolute Gasteiger partial charge is 0.303 e. The molecule has 2 heteroatoms. The van der Waals surface area contributed by atoms with Crippen molar-refractivity contribution < 1.29 is 9.90 Å². The molecule has 14 heavy (non-hydrogen) atoms. The Morgan fingerprint density at radius 2 is 2.07 bits per heavy atom. The number of aliphatic carboxylic acids is 1. The first-order chi connectivity index (χ1) is 6.72. The van der Waals surface area contributed by atoms with Gasteiger partial charge >= 0.3 is 5.97 Å². The van der Waals surface area contributed by atoms with E-state index in [1.807, 2.05) is 6.07 Å². The van der Waals surface area contributed by atoms with Crippen LogP contribution in [0.1, 0.15) is 30.9 Å². The first-order valence-corrected chi connectivity index (χ1v) is 5.02. The van der Waals surface area contributed by atoms with Crippen LogP contribution in [0.5, 0.6) is 0 Å². The Kier molecular flexibility index (Phi) is 4.17. The van der Waals surface area contributed by atoms with Crippen LogP contribution in [-0.4, -0.2) is 11.1 Å². The van der Waals surface area contributed by atoms with Crippen molar-refractivity contribution in [3.63, 3.8) is 0 Å². The van der Waals surface area contributed by atoms with E-state index in [9.17, 15) is 4.79 Å². The number of carboxylic acid groups (broad SMARTS) is 1. The molecule has 0 heterocycles. The molecule has 0 amide bonds. The molecule has 1 aromatic carbocycles. The van der Waals surface area contributed by atoms with Gasteiger partial charge in [-0.05, 0) is 30.4 Å². The molecule has 0 aromatic heterocycles. The second-order valence-corrected chi connectivity index (χ2v) is 3.42. The van der Waals surface area contributed by atoms with Gasteiger partial charge < -0.3 is 5.11 Å². The average molecular weight is 192 g/mol. The van der Waals surface area contributed by atoms with Gasteiger partial charge in [-0.15, -0.1) is 0 Å². The van der Waals surface area contributed by atoms with E-state index in [-0.39, 0.29) is 6.42 Å². The third-order valence-corrected chi connectivity index (χ3v) is 2.26. The minimum absolute atomic E-state index is 0.260. The summed E-state index contributed by atoms with van der Waals surface area (Å²) in [4.78, 5) is 10.3. The van der Waals surface area contributed by atoms with Gasteiger partial charge in [0.2, 0.25) is 0 Å². The molecule has 1 aromatic rings. The Morgan fingerprint density at radius 3 is 2.71 bits per heavy atom. The fourth-order valence-corrected chi connectivity index (χ4v) is 1.45. The molecule has 0 fully saturated rings. The third-order valence-electron chi connectivity index (χ3n) is 2.26.